The van der Waals surface area contributed by atoms with E-state index in [9.17, 15) is 0 Å². The zero-order valence-corrected chi connectivity index (χ0v) is 9.17. The van der Waals surface area contributed by atoms with Gasteiger partial charge in [-0.3, -0.25) is 0 Å². The van der Waals surface area contributed by atoms with Gasteiger partial charge in [-0.1, -0.05) is 30.3 Å². The summed E-state index contributed by atoms with van der Waals surface area (Å²) in [7, 11) is 0. The Morgan fingerprint density at radius 1 is 1.00 bits per heavy atom. The number of hydrogen-bond donors (Lipinski definition) is 1. The topological polar surface area (TPSA) is 62.2 Å². The highest BCUT2D eigenvalue weighted by atomic mass is 14.7. The number of nitriles is 1. The first-order chi connectivity index (χ1) is 8.29. The lowest BCUT2D eigenvalue weighted by atomic mass is 10.1. The monoisotopic (exact) mass is 221 g/mol. The fourth-order valence-corrected chi connectivity index (χ4v) is 1.43. The maximum Gasteiger partial charge on any atom is 0.148 e. The Balaban J connectivity index is 2.37. The fourth-order valence-electron chi connectivity index (χ4n) is 1.43. The molecule has 2 aromatic carbocycles. The molecule has 0 aromatic heterocycles. The number of nitrogens with zero attached hydrogens (tertiary/aromatic N) is 2. The Labute approximate surface area is 99.8 Å². The summed E-state index contributed by atoms with van der Waals surface area (Å²) in [4.78, 5) is 4.29. The van der Waals surface area contributed by atoms with E-state index in [1.54, 1.807) is 24.3 Å². The molecule has 2 rings (SSSR count). The summed E-state index contributed by atoms with van der Waals surface area (Å²) in [6.45, 7) is 0. The molecule has 0 saturated heterocycles. The molecule has 0 aliphatic rings. The van der Waals surface area contributed by atoms with E-state index < -0.39 is 0 Å². The molecule has 0 atom stereocenters. The highest BCUT2D eigenvalue weighted by Crippen LogP contribution is 2.15. The molecule has 0 saturated carbocycles. The van der Waals surface area contributed by atoms with Crippen LogP contribution in [0.3, 0.4) is 0 Å². The first kappa shape index (κ1) is 10.9. The summed E-state index contributed by atoms with van der Waals surface area (Å²) >= 11 is 0. The largest absolute Gasteiger partial charge is 0.399 e. The van der Waals surface area contributed by atoms with Crippen molar-refractivity contribution in [3.8, 4) is 6.07 Å². The van der Waals surface area contributed by atoms with Crippen LogP contribution >= 0.6 is 0 Å². The number of anilines is 1. The van der Waals surface area contributed by atoms with E-state index in [1.807, 2.05) is 30.3 Å². The smallest absolute Gasteiger partial charge is 0.148 e. The Bertz CT molecular complexity index is 563. The Hall–Kier alpha value is -2.60. The van der Waals surface area contributed by atoms with Crippen molar-refractivity contribution >= 4 is 17.1 Å². The Kier molecular flexibility index (Phi) is 3.18. The van der Waals surface area contributed by atoms with Crippen molar-refractivity contribution in [1.82, 2.24) is 0 Å². The predicted octanol–water partition coefficient (Wildman–Crippen LogP) is 2.91. The van der Waals surface area contributed by atoms with Gasteiger partial charge in [0, 0.05) is 11.3 Å². The second-order valence-electron chi connectivity index (χ2n) is 3.53. The van der Waals surface area contributed by atoms with Crippen LogP contribution < -0.4 is 5.73 Å². The van der Waals surface area contributed by atoms with E-state index in [0.29, 0.717) is 11.4 Å². The molecule has 3 nitrogen and oxygen atoms in total. The Morgan fingerprint density at radius 3 is 2.24 bits per heavy atom. The molecule has 0 bridgehead atoms. The number of nitrogen functional groups attached to an aromatic ring is 1. The van der Waals surface area contributed by atoms with Gasteiger partial charge in [0.1, 0.15) is 11.8 Å². The van der Waals surface area contributed by atoms with Crippen LogP contribution in [0.25, 0.3) is 0 Å². The maximum atomic E-state index is 9.09. The number of nitrogens with two attached hydrogens (primary N) is 1. The van der Waals surface area contributed by atoms with Gasteiger partial charge in [0.15, 0.2) is 0 Å². The van der Waals surface area contributed by atoms with E-state index in [1.165, 1.54) is 0 Å². The van der Waals surface area contributed by atoms with Crippen LogP contribution in [0.15, 0.2) is 59.6 Å². The van der Waals surface area contributed by atoms with E-state index >= 15 is 0 Å². The summed E-state index contributed by atoms with van der Waals surface area (Å²) in [5.41, 5.74) is 8.20. The highest BCUT2D eigenvalue weighted by molar-refractivity contribution is 6.12. The van der Waals surface area contributed by atoms with Gasteiger partial charge in [-0.05, 0) is 24.3 Å². The van der Waals surface area contributed by atoms with Gasteiger partial charge in [-0.2, -0.15) is 5.26 Å². The average molecular weight is 221 g/mol. The molecule has 0 heterocycles. The summed E-state index contributed by atoms with van der Waals surface area (Å²) in [6, 6.07) is 18.6. The van der Waals surface area contributed by atoms with Gasteiger partial charge in [0.05, 0.1) is 5.69 Å². The lowest BCUT2D eigenvalue weighted by molar-refractivity contribution is 1.48. The van der Waals surface area contributed by atoms with E-state index in [-0.39, 0.29) is 0 Å². The zero-order chi connectivity index (χ0) is 12.1. The van der Waals surface area contributed by atoms with Gasteiger partial charge in [0.2, 0.25) is 0 Å². The van der Waals surface area contributed by atoms with Crippen molar-refractivity contribution < 1.29 is 0 Å². The van der Waals surface area contributed by atoms with Crippen LogP contribution in [-0.4, -0.2) is 5.71 Å². The van der Waals surface area contributed by atoms with Gasteiger partial charge < -0.3 is 5.73 Å². The molecule has 0 amide bonds. The maximum absolute atomic E-state index is 9.09. The zero-order valence-electron chi connectivity index (χ0n) is 9.17. The van der Waals surface area contributed by atoms with E-state index in [0.717, 1.165) is 11.3 Å². The molecule has 2 aromatic rings. The van der Waals surface area contributed by atoms with Gasteiger partial charge >= 0.3 is 0 Å². The minimum atomic E-state index is 0.398. The number of rotatable bonds is 2. The molecule has 0 fully saturated rings. The molecule has 0 spiro atoms. The molecule has 17 heavy (non-hydrogen) atoms. The van der Waals surface area contributed by atoms with Gasteiger partial charge in [-0.15, -0.1) is 0 Å². The van der Waals surface area contributed by atoms with Crippen LogP contribution in [0.2, 0.25) is 0 Å². The summed E-state index contributed by atoms with van der Waals surface area (Å²) in [6.07, 6.45) is 0. The first-order valence-electron chi connectivity index (χ1n) is 5.19. The second-order valence-corrected chi connectivity index (χ2v) is 3.53. The van der Waals surface area contributed by atoms with Crippen molar-refractivity contribution in [1.29, 1.82) is 5.26 Å². The number of aliphatic imine (C=N–C) groups is 1. The first-order valence-corrected chi connectivity index (χ1v) is 5.19. The molecule has 82 valence electrons. The molecule has 2 N–H and O–H groups in total. The van der Waals surface area contributed by atoms with Crippen molar-refractivity contribution in [2.45, 2.75) is 0 Å². The lowest BCUT2D eigenvalue weighted by Gasteiger charge is -1.99. The second kappa shape index (κ2) is 4.95. The van der Waals surface area contributed by atoms with Crippen LogP contribution in [0, 0.1) is 11.3 Å². The van der Waals surface area contributed by atoms with Crippen LogP contribution in [0.5, 0.6) is 0 Å². The van der Waals surface area contributed by atoms with E-state index in [4.69, 9.17) is 11.0 Å². The quantitative estimate of drug-likeness (QED) is 0.626. The molecule has 0 aliphatic carbocycles. The van der Waals surface area contributed by atoms with Gasteiger partial charge in [-0.25, -0.2) is 4.99 Å². The number of benzene rings is 2. The lowest BCUT2D eigenvalue weighted by Crippen LogP contribution is -1.95. The molecule has 0 unspecified atom stereocenters. The molecule has 0 radical (unpaired) electrons. The van der Waals surface area contributed by atoms with Crippen molar-refractivity contribution in [3.63, 3.8) is 0 Å². The third-order valence-corrected chi connectivity index (χ3v) is 2.29. The van der Waals surface area contributed by atoms with Gasteiger partial charge in [0.25, 0.3) is 0 Å². The SMILES string of the molecule is N#CC(=Nc1ccc(N)cc1)c1ccccc1. The molecular formula is C14H11N3. The molecule has 3 heteroatoms. The highest BCUT2D eigenvalue weighted by Gasteiger charge is 2.01. The third kappa shape index (κ3) is 2.70. The standard InChI is InChI=1S/C14H11N3/c15-10-14(11-4-2-1-3-5-11)17-13-8-6-12(16)7-9-13/h1-9H,16H2. The average Bonchev–Trinajstić information content (AvgIpc) is 2.39. The minimum absolute atomic E-state index is 0.398. The summed E-state index contributed by atoms with van der Waals surface area (Å²) in [5, 5.41) is 9.09. The van der Waals surface area contributed by atoms with Crippen LogP contribution in [0.1, 0.15) is 5.56 Å². The van der Waals surface area contributed by atoms with E-state index in [2.05, 4.69) is 11.1 Å². The van der Waals surface area contributed by atoms with Crippen molar-refractivity contribution in [2.24, 2.45) is 4.99 Å². The molecule has 0 aliphatic heterocycles. The van der Waals surface area contributed by atoms with Crippen molar-refractivity contribution in [3.05, 3.63) is 60.2 Å². The van der Waals surface area contributed by atoms with Crippen LogP contribution in [-0.2, 0) is 0 Å². The van der Waals surface area contributed by atoms with Crippen molar-refractivity contribution in [2.75, 3.05) is 5.73 Å². The number of hydrogen-bond acceptors (Lipinski definition) is 3. The summed E-state index contributed by atoms with van der Waals surface area (Å²) < 4.78 is 0. The summed E-state index contributed by atoms with van der Waals surface area (Å²) in [5.74, 6) is 0. The third-order valence-electron chi connectivity index (χ3n) is 2.29. The predicted molar refractivity (Wildman–Crippen MR) is 69.1 cm³/mol. The van der Waals surface area contributed by atoms with Crippen LogP contribution in [0.4, 0.5) is 11.4 Å². The Morgan fingerprint density at radius 2 is 1.65 bits per heavy atom. The minimum Gasteiger partial charge on any atom is -0.399 e. The molecular weight excluding hydrogens is 210 g/mol. The fraction of sp³-hybridized carbons (Fsp3) is 0. The normalized spacial score (nSPS) is 10.9.